The summed E-state index contributed by atoms with van der Waals surface area (Å²) >= 11 is 1.32. The third-order valence-electron chi connectivity index (χ3n) is 4.76. The summed E-state index contributed by atoms with van der Waals surface area (Å²) in [7, 11) is -2.07. The van der Waals surface area contributed by atoms with Crippen LogP contribution in [-0.4, -0.2) is 54.3 Å². The van der Waals surface area contributed by atoms with Crippen molar-refractivity contribution in [2.75, 3.05) is 24.6 Å². The number of sulfone groups is 1. The normalized spacial score (nSPS) is 16.8. The fourth-order valence-electron chi connectivity index (χ4n) is 3.10. The van der Waals surface area contributed by atoms with E-state index in [1.807, 2.05) is 24.3 Å². The topological polar surface area (TPSA) is 88.8 Å². The predicted octanol–water partition coefficient (Wildman–Crippen LogP) is 1.34. The minimum Gasteiger partial charge on any atom is -0.342 e. The van der Waals surface area contributed by atoms with E-state index in [9.17, 15) is 18.0 Å². The van der Waals surface area contributed by atoms with E-state index < -0.39 is 33.2 Å². The molecule has 0 unspecified atom stereocenters. The van der Waals surface area contributed by atoms with Gasteiger partial charge in [0.25, 0.3) is 5.91 Å². The van der Waals surface area contributed by atoms with Gasteiger partial charge in [-0.1, -0.05) is 30.4 Å². The molecule has 146 valence electrons. The summed E-state index contributed by atoms with van der Waals surface area (Å²) in [4.78, 5) is 30.4. The summed E-state index contributed by atoms with van der Waals surface area (Å²) in [6.45, 7) is 3.27. The molecule has 3 rings (SSSR count). The van der Waals surface area contributed by atoms with Crippen molar-refractivity contribution < 1.29 is 18.0 Å². The van der Waals surface area contributed by atoms with Crippen molar-refractivity contribution in [3.8, 4) is 0 Å². The van der Waals surface area contributed by atoms with E-state index in [1.165, 1.54) is 11.3 Å². The number of carbonyl (C=O) groups is 2. The van der Waals surface area contributed by atoms with Crippen LogP contribution in [0, 0.1) is 5.92 Å². The SMILES string of the molecule is CC1CCN(C(=O)CS(=O)(=O)CC(=O)N=c2sc3ccccc3n2C)CC1. The number of aromatic nitrogens is 1. The number of nitrogens with zero attached hydrogens (tertiary/aromatic N) is 3. The van der Waals surface area contributed by atoms with Crippen molar-refractivity contribution in [1.82, 2.24) is 9.47 Å². The predicted molar refractivity (Wildman–Crippen MR) is 105 cm³/mol. The molecule has 0 spiro atoms. The first-order chi connectivity index (χ1) is 12.7. The lowest BCUT2D eigenvalue weighted by molar-refractivity contribution is -0.129. The number of aryl methyl sites for hydroxylation is 1. The van der Waals surface area contributed by atoms with Crippen LogP contribution < -0.4 is 4.80 Å². The molecule has 0 atom stereocenters. The number of rotatable bonds is 4. The number of likely N-dealkylation sites (tertiary alicyclic amines) is 1. The number of hydrogen-bond donors (Lipinski definition) is 0. The van der Waals surface area contributed by atoms with Crippen molar-refractivity contribution in [1.29, 1.82) is 0 Å². The molecule has 1 aromatic heterocycles. The Morgan fingerprint density at radius 3 is 2.52 bits per heavy atom. The highest BCUT2D eigenvalue weighted by atomic mass is 32.2. The lowest BCUT2D eigenvalue weighted by Gasteiger charge is -2.30. The number of thiazole rings is 1. The third-order valence-corrected chi connectivity index (χ3v) is 7.24. The van der Waals surface area contributed by atoms with Gasteiger partial charge in [-0.15, -0.1) is 0 Å². The molecule has 1 aliphatic heterocycles. The minimum atomic E-state index is -3.85. The molecule has 1 aliphatic rings. The summed E-state index contributed by atoms with van der Waals surface area (Å²) < 4.78 is 27.3. The first kappa shape index (κ1) is 19.8. The van der Waals surface area contributed by atoms with E-state index in [0.717, 1.165) is 23.1 Å². The van der Waals surface area contributed by atoms with Crippen molar-refractivity contribution in [2.24, 2.45) is 18.0 Å². The molecule has 27 heavy (non-hydrogen) atoms. The molecule has 2 aromatic rings. The molecule has 9 heteroatoms. The molecule has 2 amide bonds. The Bertz CT molecular complexity index is 1030. The smallest absolute Gasteiger partial charge is 0.263 e. The number of amides is 2. The Morgan fingerprint density at radius 2 is 1.85 bits per heavy atom. The van der Waals surface area contributed by atoms with Crippen LogP contribution in [0.5, 0.6) is 0 Å². The molecule has 0 aliphatic carbocycles. The number of para-hydroxylation sites is 1. The highest BCUT2D eigenvalue weighted by Crippen LogP contribution is 2.17. The zero-order chi connectivity index (χ0) is 19.6. The van der Waals surface area contributed by atoms with E-state index in [1.54, 1.807) is 16.5 Å². The van der Waals surface area contributed by atoms with Gasteiger partial charge in [0.15, 0.2) is 14.6 Å². The molecule has 0 N–H and O–H groups in total. The van der Waals surface area contributed by atoms with Gasteiger partial charge in [-0.25, -0.2) is 8.42 Å². The lowest BCUT2D eigenvalue weighted by Crippen LogP contribution is -2.41. The van der Waals surface area contributed by atoms with Gasteiger partial charge in [-0.05, 0) is 30.9 Å². The summed E-state index contributed by atoms with van der Waals surface area (Å²) in [5.74, 6) is -2.02. The second-order valence-corrected chi connectivity index (χ2v) is 10.1. The van der Waals surface area contributed by atoms with Crippen molar-refractivity contribution >= 4 is 43.2 Å². The second-order valence-electron chi connectivity index (χ2n) is 7.01. The molecular formula is C18H23N3O4S2. The van der Waals surface area contributed by atoms with Gasteiger partial charge in [0.05, 0.1) is 10.2 Å². The van der Waals surface area contributed by atoms with Crippen molar-refractivity contribution in [3.05, 3.63) is 29.1 Å². The average molecular weight is 410 g/mol. The molecule has 1 saturated heterocycles. The first-order valence-electron chi connectivity index (χ1n) is 8.85. The average Bonchev–Trinajstić information content (AvgIpc) is 2.90. The van der Waals surface area contributed by atoms with Gasteiger partial charge in [0, 0.05) is 20.1 Å². The van der Waals surface area contributed by atoms with Crippen LogP contribution in [0.1, 0.15) is 19.8 Å². The monoisotopic (exact) mass is 409 g/mol. The largest absolute Gasteiger partial charge is 0.342 e. The van der Waals surface area contributed by atoms with Crippen LogP contribution in [0.3, 0.4) is 0 Å². The fraction of sp³-hybridized carbons (Fsp3) is 0.500. The van der Waals surface area contributed by atoms with Crippen LogP contribution in [0.2, 0.25) is 0 Å². The summed E-state index contributed by atoms with van der Waals surface area (Å²) in [6, 6.07) is 7.60. The summed E-state index contributed by atoms with van der Waals surface area (Å²) in [6.07, 6.45) is 1.75. The van der Waals surface area contributed by atoms with Crippen LogP contribution in [0.25, 0.3) is 10.2 Å². The third kappa shape index (κ3) is 4.84. The number of hydrogen-bond acceptors (Lipinski definition) is 5. The van der Waals surface area contributed by atoms with Crippen LogP contribution in [-0.2, 0) is 26.5 Å². The van der Waals surface area contributed by atoms with E-state index in [4.69, 9.17) is 0 Å². The minimum absolute atomic E-state index is 0.429. The maximum atomic E-state index is 12.3. The standard InChI is InChI=1S/C18H23N3O4S2/c1-13-7-9-21(10-8-13)17(23)12-27(24,25)11-16(22)19-18-20(2)14-5-3-4-6-15(14)26-18/h3-6,13H,7-12H2,1-2H3. The highest BCUT2D eigenvalue weighted by molar-refractivity contribution is 7.92. The Labute approximate surface area is 162 Å². The lowest BCUT2D eigenvalue weighted by atomic mass is 9.99. The Hall–Kier alpha value is -2.00. The molecule has 2 heterocycles. The maximum absolute atomic E-state index is 12.3. The zero-order valence-electron chi connectivity index (χ0n) is 15.4. The van der Waals surface area contributed by atoms with E-state index >= 15 is 0 Å². The van der Waals surface area contributed by atoms with E-state index in [2.05, 4.69) is 11.9 Å². The molecular weight excluding hydrogens is 386 g/mol. The van der Waals surface area contributed by atoms with Gasteiger partial charge in [0.2, 0.25) is 5.91 Å². The maximum Gasteiger partial charge on any atom is 0.263 e. The Kier molecular flexibility index (Phi) is 5.81. The van der Waals surface area contributed by atoms with Gasteiger partial charge in [-0.2, -0.15) is 4.99 Å². The van der Waals surface area contributed by atoms with Crippen molar-refractivity contribution in [2.45, 2.75) is 19.8 Å². The van der Waals surface area contributed by atoms with Gasteiger partial charge in [0.1, 0.15) is 11.5 Å². The van der Waals surface area contributed by atoms with Crippen LogP contribution in [0.4, 0.5) is 0 Å². The molecule has 7 nitrogen and oxygen atoms in total. The molecule has 0 saturated carbocycles. The van der Waals surface area contributed by atoms with Gasteiger partial charge in [-0.3, -0.25) is 9.59 Å². The van der Waals surface area contributed by atoms with Crippen LogP contribution >= 0.6 is 11.3 Å². The summed E-state index contributed by atoms with van der Waals surface area (Å²) in [5, 5.41) is 0. The number of benzene rings is 1. The van der Waals surface area contributed by atoms with Crippen molar-refractivity contribution in [3.63, 3.8) is 0 Å². The van der Waals surface area contributed by atoms with Gasteiger partial charge < -0.3 is 9.47 Å². The number of carbonyl (C=O) groups excluding carboxylic acids is 2. The molecule has 0 radical (unpaired) electrons. The Morgan fingerprint density at radius 1 is 1.19 bits per heavy atom. The van der Waals surface area contributed by atoms with Gasteiger partial charge >= 0.3 is 0 Å². The molecule has 0 bridgehead atoms. The van der Waals surface area contributed by atoms with Crippen LogP contribution in [0.15, 0.2) is 29.3 Å². The summed E-state index contributed by atoms with van der Waals surface area (Å²) in [5.41, 5.74) is 0.923. The molecule has 1 aromatic carbocycles. The molecule has 1 fully saturated rings. The fourth-order valence-corrected chi connectivity index (χ4v) is 5.24. The highest BCUT2D eigenvalue weighted by Gasteiger charge is 2.26. The van der Waals surface area contributed by atoms with E-state index in [-0.39, 0.29) is 0 Å². The second kappa shape index (κ2) is 7.93. The number of fused-ring (bicyclic) bond motifs is 1. The Balaban J connectivity index is 1.68. The number of piperidine rings is 1. The quantitative estimate of drug-likeness (QED) is 0.762. The first-order valence-corrected chi connectivity index (χ1v) is 11.5. The zero-order valence-corrected chi connectivity index (χ0v) is 17.1. The van der Waals surface area contributed by atoms with E-state index in [0.29, 0.717) is 23.8 Å².